The first kappa shape index (κ1) is 15.7. The van der Waals surface area contributed by atoms with Gasteiger partial charge >= 0.3 is 0 Å². The molecule has 0 aromatic carbocycles. The number of thiophene rings is 1. The lowest BCUT2D eigenvalue weighted by Gasteiger charge is -2.13. The standard InChI is InChI=1S/C12H15N3OS4/c1-6-4-9(8(3)19-6)7(2)13-10(16)5-18-12-15-14-11(17)20-12/h4,7H,5H2,1-3H3,(H,13,16)(H,14,17)/t7-/m1/s1. The third kappa shape index (κ3) is 4.15. The maximum Gasteiger partial charge on any atom is 0.230 e. The number of carbonyl (C=O) groups excluding carboxylic acids is 1. The van der Waals surface area contributed by atoms with Crippen molar-refractivity contribution in [3.8, 4) is 0 Å². The van der Waals surface area contributed by atoms with Crippen LogP contribution in [0.15, 0.2) is 10.4 Å². The van der Waals surface area contributed by atoms with Gasteiger partial charge in [-0.1, -0.05) is 23.1 Å². The van der Waals surface area contributed by atoms with Crippen molar-refractivity contribution in [2.24, 2.45) is 0 Å². The van der Waals surface area contributed by atoms with E-state index in [0.29, 0.717) is 9.71 Å². The topological polar surface area (TPSA) is 57.8 Å². The predicted octanol–water partition coefficient (Wildman–Crippen LogP) is 3.85. The fraction of sp³-hybridized carbons (Fsp3) is 0.417. The zero-order valence-corrected chi connectivity index (χ0v) is 14.6. The Balaban J connectivity index is 1.88. The number of hydrogen-bond acceptors (Lipinski definition) is 6. The van der Waals surface area contributed by atoms with E-state index in [2.05, 4.69) is 35.4 Å². The largest absolute Gasteiger partial charge is 0.349 e. The summed E-state index contributed by atoms with van der Waals surface area (Å²) in [6, 6.07) is 2.17. The number of nitrogens with one attached hydrogen (secondary N) is 2. The number of hydrogen-bond donors (Lipinski definition) is 2. The Bertz CT molecular complexity index is 658. The molecule has 2 heterocycles. The number of H-pyrrole nitrogens is 1. The van der Waals surface area contributed by atoms with Gasteiger partial charge in [-0.15, -0.1) is 11.3 Å². The third-order valence-corrected chi connectivity index (χ3v) is 5.88. The van der Waals surface area contributed by atoms with Gasteiger partial charge in [0.25, 0.3) is 0 Å². The highest BCUT2D eigenvalue weighted by molar-refractivity contribution is 8.01. The molecule has 0 spiro atoms. The first-order chi connectivity index (χ1) is 9.45. The molecule has 0 saturated heterocycles. The van der Waals surface area contributed by atoms with Gasteiger partial charge in [0.1, 0.15) is 0 Å². The quantitative estimate of drug-likeness (QED) is 0.638. The highest BCUT2D eigenvalue weighted by Gasteiger charge is 2.14. The van der Waals surface area contributed by atoms with E-state index in [1.165, 1.54) is 38.4 Å². The van der Waals surface area contributed by atoms with E-state index in [1.807, 2.05) is 6.92 Å². The van der Waals surface area contributed by atoms with Crippen LogP contribution in [-0.2, 0) is 4.79 Å². The second kappa shape index (κ2) is 6.84. The first-order valence-electron chi connectivity index (χ1n) is 6.00. The van der Waals surface area contributed by atoms with Gasteiger partial charge in [-0.2, -0.15) is 5.10 Å². The molecule has 0 saturated carbocycles. The van der Waals surface area contributed by atoms with Crippen LogP contribution in [-0.4, -0.2) is 21.9 Å². The summed E-state index contributed by atoms with van der Waals surface area (Å²) in [6.45, 7) is 6.17. The van der Waals surface area contributed by atoms with Crippen molar-refractivity contribution in [3.05, 3.63) is 25.3 Å². The first-order valence-corrected chi connectivity index (χ1v) is 9.03. The third-order valence-electron chi connectivity index (χ3n) is 2.67. The van der Waals surface area contributed by atoms with Crippen LogP contribution in [0.25, 0.3) is 0 Å². The average Bonchev–Trinajstić information content (AvgIpc) is 2.92. The Morgan fingerprint density at radius 2 is 2.30 bits per heavy atom. The number of carbonyl (C=O) groups is 1. The van der Waals surface area contributed by atoms with Crippen molar-refractivity contribution in [2.45, 2.75) is 31.2 Å². The second-order valence-electron chi connectivity index (χ2n) is 4.33. The molecule has 2 aromatic rings. The van der Waals surface area contributed by atoms with Crippen molar-refractivity contribution in [1.82, 2.24) is 15.5 Å². The minimum atomic E-state index is 0.00636. The van der Waals surface area contributed by atoms with Gasteiger partial charge < -0.3 is 5.32 Å². The number of aryl methyl sites for hydroxylation is 2. The lowest BCUT2D eigenvalue weighted by atomic mass is 10.1. The van der Waals surface area contributed by atoms with Crippen LogP contribution >= 0.6 is 46.7 Å². The predicted molar refractivity (Wildman–Crippen MR) is 88.4 cm³/mol. The van der Waals surface area contributed by atoms with Gasteiger partial charge in [0, 0.05) is 9.75 Å². The molecule has 0 aliphatic heterocycles. The molecule has 2 N–H and O–H groups in total. The molecule has 0 aliphatic rings. The lowest BCUT2D eigenvalue weighted by Crippen LogP contribution is -2.28. The summed E-state index contributed by atoms with van der Waals surface area (Å²) in [5, 5.41) is 9.73. The van der Waals surface area contributed by atoms with Crippen molar-refractivity contribution in [1.29, 1.82) is 0 Å². The molecule has 0 radical (unpaired) electrons. The Labute approximate surface area is 135 Å². The lowest BCUT2D eigenvalue weighted by molar-refractivity contribution is -0.119. The van der Waals surface area contributed by atoms with E-state index >= 15 is 0 Å². The smallest absolute Gasteiger partial charge is 0.230 e. The van der Waals surface area contributed by atoms with Gasteiger partial charge in [-0.25, -0.2) is 0 Å². The van der Waals surface area contributed by atoms with Crippen LogP contribution in [0.3, 0.4) is 0 Å². The van der Waals surface area contributed by atoms with Crippen molar-refractivity contribution in [2.75, 3.05) is 5.75 Å². The summed E-state index contributed by atoms with van der Waals surface area (Å²) in [5.41, 5.74) is 1.20. The van der Waals surface area contributed by atoms with Crippen molar-refractivity contribution in [3.63, 3.8) is 0 Å². The molecule has 1 atom stereocenters. The van der Waals surface area contributed by atoms with Gasteiger partial charge in [0.05, 0.1) is 11.8 Å². The van der Waals surface area contributed by atoms with Crippen molar-refractivity contribution < 1.29 is 4.79 Å². The summed E-state index contributed by atoms with van der Waals surface area (Å²) in [7, 11) is 0. The average molecular weight is 346 g/mol. The van der Waals surface area contributed by atoms with E-state index < -0.39 is 0 Å². The van der Waals surface area contributed by atoms with E-state index in [0.717, 1.165) is 4.34 Å². The van der Waals surface area contributed by atoms with E-state index in [4.69, 9.17) is 12.2 Å². The van der Waals surface area contributed by atoms with Gasteiger partial charge in [-0.3, -0.25) is 9.89 Å². The number of aromatic amines is 1. The molecule has 0 unspecified atom stereocenters. The minimum absolute atomic E-state index is 0.00636. The fourth-order valence-electron chi connectivity index (χ4n) is 1.85. The summed E-state index contributed by atoms with van der Waals surface area (Å²) < 4.78 is 1.42. The number of amides is 1. The number of nitrogens with zero attached hydrogens (tertiary/aromatic N) is 1. The summed E-state index contributed by atoms with van der Waals surface area (Å²) >= 11 is 9.49. The highest BCUT2D eigenvalue weighted by Crippen LogP contribution is 2.26. The molecule has 0 aliphatic carbocycles. The molecule has 2 aromatic heterocycles. The molecule has 0 fully saturated rings. The molecule has 1 amide bonds. The second-order valence-corrected chi connectivity index (χ2v) is 8.67. The van der Waals surface area contributed by atoms with Crippen LogP contribution in [0, 0.1) is 17.8 Å². The highest BCUT2D eigenvalue weighted by atomic mass is 32.2. The van der Waals surface area contributed by atoms with E-state index in [-0.39, 0.29) is 11.9 Å². The summed E-state index contributed by atoms with van der Waals surface area (Å²) in [4.78, 5) is 14.5. The molecule has 0 bridgehead atoms. The van der Waals surface area contributed by atoms with Gasteiger partial charge in [0.15, 0.2) is 8.29 Å². The van der Waals surface area contributed by atoms with Crippen molar-refractivity contribution >= 4 is 52.6 Å². The van der Waals surface area contributed by atoms with Crippen LogP contribution in [0.4, 0.5) is 0 Å². The maximum absolute atomic E-state index is 11.9. The minimum Gasteiger partial charge on any atom is -0.349 e. The Morgan fingerprint density at radius 3 is 2.85 bits per heavy atom. The molecule has 20 heavy (non-hydrogen) atoms. The van der Waals surface area contributed by atoms with E-state index in [1.54, 1.807) is 11.3 Å². The van der Waals surface area contributed by atoms with E-state index in [9.17, 15) is 4.79 Å². The van der Waals surface area contributed by atoms with Gasteiger partial charge in [-0.05, 0) is 44.6 Å². The number of thioether (sulfide) groups is 1. The molecular formula is C12H15N3OS4. The monoisotopic (exact) mass is 345 g/mol. The van der Waals surface area contributed by atoms with Crippen LogP contribution in [0.2, 0.25) is 0 Å². The van der Waals surface area contributed by atoms with Crippen LogP contribution in [0.5, 0.6) is 0 Å². The maximum atomic E-state index is 11.9. The molecule has 108 valence electrons. The molecule has 4 nitrogen and oxygen atoms in total. The zero-order chi connectivity index (χ0) is 14.7. The summed E-state index contributed by atoms with van der Waals surface area (Å²) in [5.74, 6) is 0.356. The fourth-order valence-corrected chi connectivity index (χ4v) is 4.76. The Morgan fingerprint density at radius 1 is 1.55 bits per heavy atom. The van der Waals surface area contributed by atoms with Crippen LogP contribution in [0.1, 0.15) is 28.3 Å². The number of aromatic nitrogens is 2. The Hall–Kier alpha value is -0.700. The van der Waals surface area contributed by atoms with Gasteiger partial charge in [0.2, 0.25) is 5.91 Å². The summed E-state index contributed by atoms with van der Waals surface area (Å²) in [6.07, 6.45) is 0. The van der Waals surface area contributed by atoms with Crippen LogP contribution < -0.4 is 5.32 Å². The SMILES string of the molecule is Cc1cc([C@@H](C)NC(=O)CSc2n[nH]c(=S)s2)c(C)s1. The Kier molecular flexibility index (Phi) is 5.36. The zero-order valence-electron chi connectivity index (χ0n) is 11.4. The molecule has 8 heteroatoms. The molecular weight excluding hydrogens is 330 g/mol. The molecule has 2 rings (SSSR count). The normalized spacial score (nSPS) is 12.3. The number of rotatable bonds is 5.